The van der Waals surface area contributed by atoms with Gasteiger partial charge in [-0.05, 0) is 25.4 Å². The quantitative estimate of drug-likeness (QED) is 0.347. The summed E-state index contributed by atoms with van der Waals surface area (Å²) in [7, 11) is 0. The number of hydrogen-bond donors (Lipinski definition) is 0. The fraction of sp³-hybridized carbons (Fsp3) is 0.500. The molecule has 0 spiro atoms. The van der Waals surface area contributed by atoms with Crippen LogP contribution in [0.25, 0.3) is 10.4 Å². The topological polar surface area (TPSA) is 67.2 Å². The van der Waals surface area contributed by atoms with Crippen LogP contribution in [0.1, 0.15) is 19.4 Å². The van der Waals surface area contributed by atoms with Crippen molar-refractivity contribution in [2.24, 2.45) is 5.11 Å². The highest BCUT2D eigenvalue weighted by Gasteiger charge is 2.32. The number of benzene rings is 1. The molecule has 0 bridgehead atoms. The Morgan fingerprint density at radius 1 is 1.53 bits per heavy atom. The minimum absolute atomic E-state index is 0.174. The first-order valence-corrected chi connectivity index (χ1v) is 5.57. The molecule has 1 heterocycles. The van der Waals surface area contributed by atoms with Crippen molar-refractivity contribution in [3.8, 4) is 11.5 Å². The number of nitrogens with zero attached hydrogens (tertiary/aromatic N) is 3. The third kappa shape index (κ3) is 2.63. The van der Waals surface area contributed by atoms with Crippen LogP contribution in [0.3, 0.4) is 0 Å². The Labute approximate surface area is 100.0 Å². The summed E-state index contributed by atoms with van der Waals surface area (Å²) in [6.45, 7) is 4.79. The molecule has 2 rings (SSSR count). The van der Waals surface area contributed by atoms with E-state index >= 15 is 0 Å². The zero-order chi connectivity index (χ0) is 12.3. The normalized spacial score (nSPS) is 15.6. The Hall–Kier alpha value is -1.87. The first-order chi connectivity index (χ1) is 8.12. The van der Waals surface area contributed by atoms with Crippen LogP contribution >= 0.6 is 0 Å². The average Bonchev–Trinajstić information content (AvgIpc) is 2.59. The Morgan fingerprint density at radius 2 is 2.35 bits per heavy atom. The molecular weight excluding hydrogens is 218 g/mol. The molecule has 5 heteroatoms. The lowest BCUT2D eigenvalue weighted by molar-refractivity contribution is 0.132. The summed E-state index contributed by atoms with van der Waals surface area (Å²) in [5.41, 5.74) is 9.15. The summed E-state index contributed by atoms with van der Waals surface area (Å²) in [6.07, 6.45) is 0.885. The highest BCUT2D eigenvalue weighted by molar-refractivity contribution is 5.50. The van der Waals surface area contributed by atoms with Gasteiger partial charge in [-0.15, -0.1) is 0 Å². The van der Waals surface area contributed by atoms with Gasteiger partial charge in [-0.1, -0.05) is 17.2 Å². The van der Waals surface area contributed by atoms with E-state index in [-0.39, 0.29) is 5.60 Å². The zero-order valence-corrected chi connectivity index (χ0v) is 10.0. The van der Waals surface area contributed by atoms with E-state index in [9.17, 15) is 0 Å². The fourth-order valence-electron chi connectivity index (χ4n) is 1.94. The van der Waals surface area contributed by atoms with Gasteiger partial charge in [0.15, 0.2) is 11.5 Å². The average molecular weight is 233 g/mol. The van der Waals surface area contributed by atoms with Crippen molar-refractivity contribution < 1.29 is 9.47 Å². The van der Waals surface area contributed by atoms with Crippen molar-refractivity contribution in [1.82, 2.24) is 0 Å². The molecule has 0 N–H and O–H groups in total. The minimum atomic E-state index is -0.174. The Morgan fingerprint density at radius 3 is 3.12 bits per heavy atom. The lowest BCUT2D eigenvalue weighted by Crippen LogP contribution is -2.24. The molecule has 17 heavy (non-hydrogen) atoms. The van der Waals surface area contributed by atoms with E-state index in [1.54, 1.807) is 0 Å². The van der Waals surface area contributed by atoms with Crippen molar-refractivity contribution in [1.29, 1.82) is 0 Å². The number of fused-ring (bicyclic) bond motifs is 1. The summed E-state index contributed by atoms with van der Waals surface area (Å²) >= 11 is 0. The van der Waals surface area contributed by atoms with E-state index in [2.05, 4.69) is 23.9 Å². The monoisotopic (exact) mass is 233 g/mol. The van der Waals surface area contributed by atoms with E-state index in [0.29, 0.717) is 13.2 Å². The molecule has 0 unspecified atom stereocenters. The number of para-hydroxylation sites is 1. The van der Waals surface area contributed by atoms with Crippen molar-refractivity contribution in [2.75, 3.05) is 13.2 Å². The van der Waals surface area contributed by atoms with Crippen molar-refractivity contribution in [2.45, 2.75) is 25.9 Å². The van der Waals surface area contributed by atoms with E-state index < -0.39 is 0 Å². The molecule has 1 aliphatic rings. The summed E-state index contributed by atoms with van der Waals surface area (Å²) in [4.78, 5) is 2.68. The first-order valence-electron chi connectivity index (χ1n) is 5.57. The smallest absolute Gasteiger partial charge is 0.165 e. The largest absolute Gasteiger partial charge is 0.490 e. The second-order valence-corrected chi connectivity index (χ2v) is 4.59. The van der Waals surface area contributed by atoms with Gasteiger partial charge >= 0.3 is 0 Å². The van der Waals surface area contributed by atoms with Crippen LogP contribution in [-0.2, 0) is 6.42 Å². The molecule has 90 valence electrons. The van der Waals surface area contributed by atoms with Crippen LogP contribution in [-0.4, -0.2) is 18.8 Å². The van der Waals surface area contributed by atoms with Gasteiger partial charge in [0.05, 0.1) is 13.2 Å². The van der Waals surface area contributed by atoms with E-state index in [1.165, 1.54) is 0 Å². The summed E-state index contributed by atoms with van der Waals surface area (Å²) in [6, 6.07) is 5.87. The van der Waals surface area contributed by atoms with Crippen molar-refractivity contribution >= 4 is 0 Å². The molecule has 1 aromatic rings. The van der Waals surface area contributed by atoms with Gasteiger partial charge in [0.25, 0.3) is 0 Å². The molecule has 0 saturated carbocycles. The molecule has 1 aliphatic heterocycles. The Balaban J connectivity index is 2.10. The summed E-state index contributed by atoms with van der Waals surface area (Å²) < 4.78 is 11.4. The van der Waals surface area contributed by atoms with Crippen LogP contribution in [0.2, 0.25) is 0 Å². The predicted octanol–water partition coefficient (Wildman–Crippen LogP) is 3.09. The fourth-order valence-corrected chi connectivity index (χ4v) is 1.94. The zero-order valence-electron chi connectivity index (χ0n) is 10.0. The third-order valence-electron chi connectivity index (χ3n) is 2.57. The van der Waals surface area contributed by atoms with Gasteiger partial charge in [-0.3, -0.25) is 0 Å². The van der Waals surface area contributed by atoms with Crippen LogP contribution in [0.15, 0.2) is 23.3 Å². The molecule has 1 aromatic carbocycles. The van der Waals surface area contributed by atoms with Crippen LogP contribution in [0.4, 0.5) is 0 Å². The van der Waals surface area contributed by atoms with Crippen LogP contribution < -0.4 is 9.47 Å². The van der Waals surface area contributed by atoms with Gasteiger partial charge in [0.2, 0.25) is 0 Å². The Bertz CT molecular complexity index is 465. The maximum absolute atomic E-state index is 8.17. The first kappa shape index (κ1) is 11.6. The molecule has 0 amide bonds. The van der Waals surface area contributed by atoms with Gasteiger partial charge in [0, 0.05) is 16.9 Å². The van der Waals surface area contributed by atoms with Gasteiger partial charge in [0.1, 0.15) is 5.60 Å². The van der Waals surface area contributed by atoms with Crippen molar-refractivity contribution in [3.05, 3.63) is 34.2 Å². The molecule has 0 aliphatic carbocycles. The standard InChI is InChI=1S/C12H15N3O2/c1-12(2)8-9-4-3-5-10(11(9)17-12)16-7-6-14-15-13/h3-5H,6-8H2,1-2H3. The van der Waals surface area contributed by atoms with Gasteiger partial charge in [-0.2, -0.15) is 0 Å². The summed E-state index contributed by atoms with van der Waals surface area (Å²) in [5, 5.41) is 3.42. The van der Waals surface area contributed by atoms with E-state index in [4.69, 9.17) is 15.0 Å². The van der Waals surface area contributed by atoms with Crippen LogP contribution in [0, 0.1) is 0 Å². The maximum Gasteiger partial charge on any atom is 0.165 e. The third-order valence-corrected chi connectivity index (χ3v) is 2.57. The number of azide groups is 1. The summed E-state index contributed by atoms with van der Waals surface area (Å²) in [5.74, 6) is 1.54. The molecule has 0 fully saturated rings. The molecule has 0 saturated heterocycles. The van der Waals surface area contributed by atoms with E-state index in [1.807, 2.05) is 18.2 Å². The molecule has 5 nitrogen and oxygen atoms in total. The predicted molar refractivity (Wildman–Crippen MR) is 64.4 cm³/mol. The Kier molecular flexibility index (Phi) is 3.11. The molecule has 0 radical (unpaired) electrons. The minimum Gasteiger partial charge on any atom is -0.490 e. The number of ether oxygens (including phenoxy) is 2. The van der Waals surface area contributed by atoms with Gasteiger partial charge in [-0.25, -0.2) is 0 Å². The number of hydrogen-bond acceptors (Lipinski definition) is 3. The second-order valence-electron chi connectivity index (χ2n) is 4.59. The van der Waals surface area contributed by atoms with Gasteiger partial charge < -0.3 is 9.47 Å². The van der Waals surface area contributed by atoms with E-state index in [0.717, 1.165) is 23.5 Å². The lowest BCUT2D eigenvalue weighted by atomic mass is 10.0. The highest BCUT2D eigenvalue weighted by Crippen LogP contribution is 2.41. The lowest BCUT2D eigenvalue weighted by Gasteiger charge is -2.18. The van der Waals surface area contributed by atoms with Crippen LogP contribution in [0.5, 0.6) is 11.5 Å². The molecule has 0 atom stereocenters. The molecule has 0 aromatic heterocycles. The SMILES string of the molecule is CC1(C)Cc2cccc(OCCN=[N+]=[N-])c2O1. The maximum atomic E-state index is 8.17. The highest BCUT2D eigenvalue weighted by atomic mass is 16.5. The second kappa shape index (κ2) is 4.55. The number of rotatable bonds is 4. The molecular formula is C12H15N3O2. The van der Waals surface area contributed by atoms with Crippen molar-refractivity contribution in [3.63, 3.8) is 0 Å².